The molecule has 2 aliphatic heterocycles. The third-order valence-corrected chi connectivity index (χ3v) is 4.08. The van der Waals surface area contributed by atoms with Crippen molar-refractivity contribution in [2.24, 2.45) is 16.7 Å². The van der Waals surface area contributed by atoms with E-state index < -0.39 is 0 Å². The van der Waals surface area contributed by atoms with Gasteiger partial charge in [0, 0.05) is 24.7 Å². The Hall–Kier alpha value is -0.0800. The van der Waals surface area contributed by atoms with Gasteiger partial charge in [-0.3, -0.25) is 0 Å². The quantitative estimate of drug-likeness (QED) is 0.639. The van der Waals surface area contributed by atoms with Crippen LogP contribution in [-0.4, -0.2) is 24.7 Å². The highest BCUT2D eigenvalue weighted by atomic mass is 15.2. The van der Waals surface area contributed by atoms with Crippen LogP contribution in [0.5, 0.6) is 0 Å². The van der Waals surface area contributed by atoms with Crippen LogP contribution in [0.4, 0.5) is 0 Å². The van der Waals surface area contributed by atoms with Crippen molar-refractivity contribution in [1.29, 1.82) is 0 Å². The number of fused-ring (bicyclic) bond motifs is 2. The Bertz CT molecular complexity index is 246. The molecule has 2 heterocycles. The fraction of sp³-hybridized carbons (Fsp3) is 1.00. The molecule has 2 fully saturated rings. The summed E-state index contributed by atoms with van der Waals surface area (Å²) in [7, 11) is 0. The zero-order valence-electron chi connectivity index (χ0n) is 11.0. The van der Waals surface area contributed by atoms with E-state index in [4.69, 9.17) is 0 Å². The van der Waals surface area contributed by atoms with Crippen LogP contribution in [0.2, 0.25) is 0 Å². The van der Waals surface area contributed by atoms with Gasteiger partial charge in [-0.15, -0.1) is 0 Å². The maximum Gasteiger partial charge on any atom is 0.0276 e. The van der Waals surface area contributed by atoms with E-state index in [2.05, 4.69) is 52.2 Å². The second kappa shape index (κ2) is 3.21. The minimum Gasteiger partial charge on any atom is -0.310 e. The SMILES string of the molecule is CC(C)(C)C1NC2CNC1C2C(C)(C)C. The van der Waals surface area contributed by atoms with E-state index in [1.807, 2.05) is 0 Å². The number of nitrogens with one attached hydrogen (secondary N) is 2. The van der Waals surface area contributed by atoms with Gasteiger partial charge in [0.2, 0.25) is 0 Å². The number of piperazine rings is 1. The summed E-state index contributed by atoms with van der Waals surface area (Å²) in [6.07, 6.45) is 0. The zero-order chi connectivity index (χ0) is 11.4. The molecule has 0 aromatic rings. The molecule has 4 unspecified atom stereocenters. The Morgan fingerprint density at radius 1 is 0.933 bits per heavy atom. The largest absolute Gasteiger partial charge is 0.310 e. The van der Waals surface area contributed by atoms with E-state index in [9.17, 15) is 0 Å². The van der Waals surface area contributed by atoms with Gasteiger partial charge >= 0.3 is 0 Å². The number of hydrogen-bond donors (Lipinski definition) is 2. The van der Waals surface area contributed by atoms with E-state index in [1.54, 1.807) is 0 Å². The first-order valence-corrected chi connectivity index (χ1v) is 6.21. The monoisotopic (exact) mass is 210 g/mol. The first-order valence-electron chi connectivity index (χ1n) is 6.21. The van der Waals surface area contributed by atoms with Crippen LogP contribution in [-0.2, 0) is 0 Å². The van der Waals surface area contributed by atoms with Gasteiger partial charge in [-0.1, -0.05) is 41.5 Å². The Morgan fingerprint density at radius 2 is 1.53 bits per heavy atom. The summed E-state index contributed by atoms with van der Waals surface area (Å²) in [5.41, 5.74) is 0.766. The summed E-state index contributed by atoms with van der Waals surface area (Å²) >= 11 is 0. The van der Waals surface area contributed by atoms with Crippen LogP contribution in [0.1, 0.15) is 41.5 Å². The van der Waals surface area contributed by atoms with Gasteiger partial charge in [-0.2, -0.15) is 0 Å². The topological polar surface area (TPSA) is 24.1 Å². The lowest BCUT2D eigenvalue weighted by Crippen LogP contribution is -2.54. The first-order chi connectivity index (χ1) is 6.71. The van der Waals surface area contributed by atoms with Crippen LogP contribution in [0, 0.1) is 16.7 Å². The molecule has 88 valence electrons. The van der Waals surface area contributed by atoms with E-state index in [0.29, 0.717) is 29.0 Å². The minimum atomic E-state index is 0.357. The van der Waals surface area contributed by atoms with Gasteiger partial charge in [0.25, 0.3) is 0 Å². The molecular weight excluding hydrogens is 184 g/mol. The molecule has 0 saturated carbocycles. The predicted octanol–water partition coefficient (Wildman–Crippen LogP) is 2.01. The Balaban J connectivity index is 2.20. The average molecular weight is 210 g/mol. The molecule has 2 bridgehead atoms. The van der Waals surface area contributed by atoms with Crippen molar-refractivity contribution in [3.05, 3.63) is 0 Å². The van der Waals surface area contributed by atoms with Crippen LogP contribution in [0.25, 0.3) is 0 Å². The van der Waals surface area contributed by atoms with E-state index in [0.717, 1.165) is 12.5 Å². The molecule has 0 radical (unpaired) electrons. The lowest BCUT2D eigenvalue weighted by Gasteiger charge is -2.36. The van der Waals surface area contributed by atoms with Crippen LogP contribution < -0.4 is 10.6 Å². The molecule has 2 aliphatic rings. The van der Waals surface area contributed by atoms with Gasteiger partial charge in [0.15, 0.2) is 0 Å². The highest BCUT2D eigenvalue weighted by molar-refractivity contribution is 5.13. The maximum absolute atomic E-state index is 3.82. The highest BCUT2D eigenvalue weighted by Crippen LogP contribution is 2.43. The smallest absolute Gasteiger partial charge is 0.0276 e. The van der Waals surface area contributed by atoms with E-state index in [-0.39, 0.29) is 0 Å². The van der Waals surface area contributed by atoms with Crippen molar-refractivity contribution in [2.45, 2.75) is 59.7 Å². The molecule has 0 aromatic heterocycles. The molecule has 0 aliphatic carbocycles. The molecule has 0 aromatic carbocycles. The van der Waals surface area contributed by atoms with Gasteiger partial charge in [-0.25, -0.2) is 0 Å². The lowest BCUT2D eigenvalue weighted by atomic mass is 9.72. The number of rotatable bonds is 0. The predicted molar refractivity (Wildman–Crippen MR) is 64.9 cm³/mol. The van der Waals surface area contributed by atoms with Crippen molar-refractivity contribution < 1.29 is 0 Å². The summed E-state index contributed by atoms with van der Waals surface area (Å²) in [4.78, 5) is 0. The van der Waals surface area contributed by atoms with E-state index in [1.165, 1.54) is 0 Å². The first kappa shape index (κ1) is 11.4. The maximum atomic E-state index is 3.82. The molecule has 4 atom stereocenters. The third kappa shape index (κ3) is 1.83. The van der Waals surface area contributed by atoms with Gasteiger partial charge in [0.1, 0.15) is 0 Å². The van der Waals surface area contributed by atoms with Crippen molar-refractivity contribution in [3.63, 3.8) is 0 Å². The van der Waals surface area contributed by atoms with Crippen LogP contribution >= 0.6 is 0 Å². The molecule has 2 heteroatoms. The van der Waals surface area contributed by atoms with Crippen molar-refractivity contribution in [3.8, 4) is 0 Å². The van der Waals surface area contributed by atoms with Crippen LogP contribution in [0.3, 0.4) is 0 Å². The Labute approximate surface area is 94.2 Å². The molecule has 2 nitrogen and oxygen atoms in total. The van der Waals surface area contributed by atoms with Gasteiger partial charge in [0.05, 0.1) is 0 Å². The summed E-state index contributed by atoms with van der Waals surface area (Å²) in [6.45, 7) is 15.3. The second-order valence-electron chi connectivity index (χ2n) is 7.44. The highest BCUT2D eigenvalue weighted by Gasteiger charge is 2.54. The average Bonchev–Trinajstić information content (AvgIpc) is 2.55. The Kier molecular flexibility index (Phi) is 2.44. The van der Waals surface area contributed by atoms with Gasteiger partial charge in [-0.05, 0) is 16.7 Å². The van der Waals surface area contributed by atoms with Crippen molar-refractivity contribution >= 4 is 0 Å². The fourth-order valence-corrected chi connectivity index (χ4v) is 3.52. The standard InChI is InChI=1S/C13H26N2/c1-12(2,3)9-8-7-14-10(9)11(15-8)13(4,5)6/h8-11,14-15H,7H2,1-6H3. The summed E-state index contributed by atoms with van der Waals surface area (Å²) < 4.78 is 0. The second-order valence-corrected chi connectivity index (χ2v) is 7.44. The molecule has 15 heavy (non-hydrogen) atoms. The molecule has 2 N–H and O–H groups in total. The fourth-order valence-electron chi connectivity index (χ4n) is 3.52. The molecule has 0 spiro atoms. The summed E-state index contributed by atoms with van der Waals surface area (Å²) in [6, 6.07) is 1.97. The summed E-state index contributed by atoms with van der Waals surface area (Å²) in [5, 5.41) is 7.53. The zero-order valence-corrected chi connectivity index (χ0v) is 11.0. The molecule has 0 amide bonds. The molecule has 2 saturated heterocycles. The summed E-state index contributed by atoms with van der Waals surface area (Å²) in [5.74, 6) is 0.779. The van der Waals surface area contributed by atoms with E-state index >= 15 is 0 Å². The van der Waals surface area contributed by atoms with Crippen molar-refractivity contribution in [1.82, 2.24) is 10.6 Å². The minimum absolute atomic E-state index is 0.357. The third-order valence-electron chi connectivity index (χ3n) is 4.08. The van der Waals surface area contributed by atoms with Crippen molar-refractivity contribution in [2.75, 3.05) is 6.54 Å². The lowest BCUT2D eigenvalue weighted by molar-refractivity contribution is 0.197. The normalized spacial score (nSPS) is 41.2. The van der Waals surface area contributed by atoms with Crippen LogP contribution in [0.15, 0.2) is 0 Å². The van der Waals surface area contributed by atoms with Gasteiger partial charge < -0.3 is 10.6 Å². The Morgan fingerprint density at radius 3 is 1.87 bits per heavy atom. The molecular formula is C13H26N2. The molecule has 2 rings (SSSR count). The number of hydrogen-bond acceptors (Lipinski definition) is 2.